The zero-order valence-electron chi connectivity index (χ0n) is 11.5. The van der Waals surface area contributed by atoms with Crippen LogP contribution in [0.15, 0.2) is 30.5 Å². The highest BCUT2D eigenvalue weighted by Gasteiger charge is 2.08. The van der Waals surface area contributed by atoms with E-state index < -0.39 is 5.82 Å². The van der Waals surface area contributed by atoms with Crippen LogP contribution in [0.2, 0.25) is 10.0 Å². The van der Waals surface area contributed by atoms with E-state index in [2.05, 4.69) is 17.2 Å². The van der Waals surface area contributed by atoms with Gasteiger partial charge in [-0.25, -0.2) is 9.37 Å². The molecule has 2 rings (SSSR count). The Morgan fingerprint density at radius 2 is 2.05 bits per heavy atom. The average molecular weight is 329 g/mol. The van der Waals surface area contributed by atoms with Crippen molar-refractivity contribution in [2.75, 3.05) is 6.54 Å². The zero-order chi connectivity index (χ0) is 15.2. The molecule has 0 aliphatic heterocycles. The number of nitrogens with one attached hydrogen (secondary N) is 1. The SMILES string of the molecule is CCCNCc1cc(Oc2ccc(F)cc2Cl)ncc1Cl. The Bertz CT molecular complexity index is 623. The second-order valence-electron chi connectivity index (χ2n) is 4.47. The van der Waals surface area contributed by atoms with Crippen molar-refractivity contribution in [3.05, 3.63) is 51.9 Å². The van der Waals surface area contributed by atoms with Gasteiger partial charge in [0.05, 0.1) is 10.0 Å². The highest BCUT2D eigenvalue weighted by atomic mass is 35.5. The van der Waals surface area contributed by atoms with Crippen molar-refractivity contribution in [1.82, 2.24) is 10.3 Å². The Balaban J connectivity index is 2.14. The lowest BCUT2D eigenvalue weighted by Gasteiger charge is -2.10. The fourth-order valence-corrected chi connectivity index (χ4v) is 2.10. The van der Waals surface area contributed by atoms with Crippen LogP contribution >= 0.6 is 23.2 Å². The van der Waals surface area contributed by atoms with Crippen molar-refractivity contribution in [3.8, 4) is 11.6 Å². The molecule has 1 aromatic heterocycles. The second-order valence-corrected chi connectivity index (χ2v) is 5.28. The molecular formula is C15H15Cl2FN2O. The van der Waals surface area contributed by atoms with Gasteiger partial charge in [0.1, 0.15) is 11.6 Å². The Kier molecular flexibility index (Phi) is 5.79. The fourth-order valence-electron chi connectivity index (χ4n) is 1.72. The normalized spacial score (nSPS) is 10.7. The minimum absolute atomic E-state index is 0.192. The summed E-state index contributed by atoms with van der Waals surface area (Å²) in [6.07, 6.45) is 2.56. The monoisotopic (exact) mass is 328 g/mol. The van der Waals surface area contributed by atoms with E-state index in [4.69, 9.17) is 27.9 Å². The summed E-state index contributed by atoms with van der Waals surface area (Å²) >= 11 is 12.0. The molecule has 0 fully saturated rings. The van der Waals surface area contributed by atoms with Crippen LogP contribution in [-0.4, -0.2) is 11.5 Å². The number of halogens is 3. The molecule has 1 N–H and O–H groups in total. The van der Waals surface area contributed by atoms with Crippen molar-refractivity contribution in [2.24, 2.45) is 0 Å². The Morgan fingerprint density at radius 3 is 2.76 bits per heavy atom. The van der Waals surface area contributed by atoms with Gasteiger partial charge >= 0.3 is 0 Å². The van der Waals surface area contributed by atoms with Crippen LogP contribution in [0.3, 0.4) is 0 Å². The van der Waals surface area contributed by atoms with E-state index in [-0.39, 0.29) is 5.02 Å². The molecule has 2 aromatic rings. The van der Waals surface area contributed by atoms with Crippen LogP contribution in [0.5, 0.6) is 11.6 Å². The Hall–Kier alpha value is -1.36. The minimum Gasteiger partial charge on any atom is -0.437 e. The summed E-state index contributed by atoms with van der Waals surface area (Å²) in [6, 6.07) is 5.67. The van der Waals surface area contributed by atoms with Crippen molar-refractivity contribution in [2.45, 2.75) is 19.9 Å². The first-order valence-electron chi connectivity index (χ1n) is 6.58. The largest absolute Gasteiger partial charge is 0.437 e. The average Bonchev–Trinajstić information content (AvgIpc) is 2.45. The van der Waals surface area contributed by atoms with Gasteiger partial charge in [0.15, 0.2) is 0 Å². The van der Waals surface area contributed by atoms with Gasteiger partial charge in [-0.3, -0.25) is 0 Å². The van der Waals surface area contributed by atoms with E-state index in [9.17, 15) is 4.39 Å². The van der Waals surface area contributed by atoms with Crippen LogP contribution in [-0.2, 0) is 6.54 Å². The van der Waals surface area contributed by atoms with E-state index >= 15 is 0 Å². The highest BCUT2D eigenvalue weighted by Crippen LogP contribution is 2.30. The topological polar surface area (TPSA) is 34.1 Å². The molecule has 0 saturated carbocycles. The predicted molar refractivity (Wildman–Crippen MR) is 82.7 cm³/mol. The standard InChI is InChI=1S/C15H15Cl2FN2O/c1-2-5-19-8-10-6-15(20-9-13(10)17)21-14-4-3-11(18)7-12(14)16/h3-4,6-7,9,19H,2,5,8H2,1H3. The molecule has 0 amide bonds. The van der Waals surface area contributed by atoms with Crippen LogP contribution in [0.25, 0.3) is 0 Å². The number of aromatic nitrogens is 1. The van der Waals surface area contributed by atoms with Crippen molar-refractivity contribution in [1.29, 1.82) is 0 Å². The lowest BCUT2D eigenvalue weighted by molar-refractivity contribution is 0.460. The first kappa shape index (κ1) is 16.0. The molecule has 21 heavy (non-hydrogen) atoms. The van der Waals surface area contributed by atoms with Gasteiger partial charge in [0, 0.05) is 18.8 Å². The number of hydrogen-bond acceptors (Lipinski definition) is 3. The number of hydrogen-bond donors (Lipinski definition) is 1. The Morgan fingerprint density at radius 1 is 1.24 bits per heavy atom. The highest BCUT2D eigenvalue weighted by molar-refractivity contribution is 6.32. The fraction of sp³-hybridized carbons (Fsp3) is 0.267. The molecule has 0 unspecified atom stereocenters. The third kappa shape index (κ3) is 4.56. The minimum atomic E-state index is -0.416. The molecule has 0 radical (unpaired) electrons. The number of pyridine rings is 1. The van der Waals surface area contributed by atoms with Gasteiger partial charge in [-0.05, 0) is 36.7 Å². The van der Waals surface area contributed by atoms with Gasteiger partial charge < -0.3 is 10.1 Å². The van der Waals surface area contributed by atoms with Gasteiger partial charge in [-0.15, -0.1) is 0 Å². The molecule has 0 saturated heterocycles. The summed E-state index contributed by atoms with van der Waals surface area (Å²) in [6.45, 7) is 3.62. The summed E-state index contributed by atoms with van der Waals surface area (Å²) in [5.41, 5.74) is 0.883. The molecule has 0 spiro atoms. The van der Waals surface area contributed by atoms with Crippen molar-refractivity contribution in [3.63, 3.8) is 0 Å². The molecule has 0 bridgehead atoms. The van der Waals surface area contributed by atoms with E-state index in [0.717, 1.165) is 18.5 Å². The van der Waals surface area contributed by atoms with E-state index in [1.54, 1.807) is 6.07 Å². The first-order valence-corrected chi connectivity index (χ1v) is 7.33. The molecule has 6 heteroatoms. The second kappa shape index (κ2) is 7.59. The van der Waals surface area contributed by atoms with Crippen LogP contribution in [0, 0.1) is 5.82 Å². The van der Waals surface area contributed by atoms with Gasteiger partial charge in [0.2, 0.25) is 5.88 Å². The summed E-state index contributed by atoms with van der Waals surface area (Å²) < 4.78 is 18.6. The molecule has 1 aromatic carbocycles. The van der Waals surface area contributed by atoms with Crippen LogP contribution < -0.4 is 10.1 Å². The summed E-state index contributed by atoms with van der Waals surface area (Å²) in [7, 11) is 0. The third-order valence-electron chi connectivity index (χ3n) is 2.76. The van der Waals surface area contributed by atoms with E-state index in [1.807, 2.05) is 0 Å². The smallest absolute Gasteiger partial charge is 0.219 e. The molecule has 0 atom stereocenters. The zero-order valence-corrected chi connectivity index (χ0v) is 13.0. The molecule has 0 aliphatic rings. The molecular weight excluding hydrogens is 314 g/mol. The summed E-state index contributed by atoms with van der Waals surface area (Å²) in [5.74, 6) is 0.294. The first-order chi connectivity index (χ1) is 10.1. The van der Waals surface area contributed by atoms with E-state index in [0.29, 0.717) is 23.2 Å². The lowest BCUT2D eigenvalue weighted by Crippen LogP contribution is -2.14. The number of ether oxygens (including phenoxy) is 1. The molecule has 3 nitrogen and oxygen atoms in total. The quantitative estimate of drug-likeness (QED) is 0.772. The van der Waals surface area contributed by atoms with Crippen LogP contribution in [0.1, 0.15) is 18.9 Å². The van der Waals surface area contributed by atoms with Gasteiger partial charge in [0.25, 0.3) is 0 Å². The summed E-state index contributed by atoms with van der Waals surface area (Å²) in [4.78, 5) is 4.09. The summed E-state index contributed by atoms with van der Waals surface area (Å²) in [5, 5.41) is 4.02. The maximum Gasteiger partial charge on any atom is 0.219 e. The number of nitrogens with zero attached hydrogens (tertiary/aromatic N) is 1. The predicted octanol–water partition coefficient (Wildman–Crippen LogP) is 4.82. The van der Waals surface area contributed by atoms with Crippen molar-refractivity contribution >= 4 is 23.2 Å². The van der Waals surface area contributed by atoms with Crippen LogP contribution in [0.4, 0.5) is 4.39 Å². The van der Waals surface area contributed by atoms with Gasteiger partial charge in [-0.2, -0.15) is 0 Å². The number of rotatable bonds is 6. The number of benzene rings is 1. The molecule has 1 heterocycles. The van der Waals surface area contributed by atoms with E-state index in [1.165, 1.54) is 24.4 Å². The maximum absolute atomic E-state index is 13.0. The molecule has 0 aliphatic carbocycles. The lowest BCUT2D eigenvalue weighted by atomic mass is 10.2. The van der Waals surface area contributed by atoms with Crippen molar-refractivity contribution < 1.29 is 9.13 Å². The third-order valence-corrected chi connectivity index (χ3v) is 3.40. The Labute approximate surface area is 133 Å². The molecule has 112 valence electrons. The van der Waals surface area contributed by atoms with Gasteiger partial charge in [-0.1, -0.05) is 30.1 Å². The maximum atomic E-state index is 13.0.